The molecule has 0 aromatic carbocycles. The van der Waals surface area contributed by atoms with E-state index in [0.717, 1.165) is 0 Å². The van der Waals surface area contributed by atoms with Crippen LogP contribution in [0, 0.1) is 5.41 Å². The average Bonchev–Trinajstić information content (AvgIpc) is 2.15. The molecule has 0 bridgehead atoms. The van der Waals surface area contributed by atoms with Crippen LogP contribution in [0.15, 0.2) is 0 Å². The second-order valence-electron chi connectivity index (χ2n) is 3.78. The number of thiocarbonyl (C=S) groups is 1. The topological polar surface area (TPSA) is 49.8 Å². The molecule has 12 heavy (non-hydrogen) atoms. The number of carbonyl (C=O) groups is 1. The number of nitrogens with zero attached hydrogens (tertiary/aromatic N) is 1. The summed E-state index contributed by atoms with van der Waals surface area (Å²) in [5, 5.41) is 9.40. The molecule has 0 saturated carbocycles. The fourth-order valence-corrected chi connectivity index (χ4v) is 1.43. The largest absolute Gasteiger partial charge is 0.439 e. The van der Waals surface area contributed by atoms with E-state index in [4.69, 9.17) is 22.2 Å². The summed E-state index contributed by atoms with van der Waals surface area (Å²) in [5.74, 6) is 0. The molecule has 0 aromatic heterocycles. The summed E-state index contributed by atoms with van der Waals surface area (Å²) in [7, 11) is 0. The summed E-state index contributed by atoms with van der Waals surface area (Å²) in [6.45, 7) is 5.66. The third-order valence-corrected chi connectivity index (χ3v) is 2.00. The van der Waals surface area contributed by atoms with Gasteiger partial charge in [-0.2, -0.15) is 0 Å². The third-order valence-electron chi connectivity index (χ3n) is 1.61. The molecule has 1 atom stereocenters. The van der Waals surface area contributed by atoms with Crippen LogP contribution < -0.4 is 0 Å². The Morgan fingerprint density at radius 1 is 1.58 bits per heavy atom. The first kappa shape index (κ1) is 9.41. The van der Waals surface area contributed by atoms with Crippen molar-refractivity contribution in [1.82, 2.24) is 5.06 Å². The van der Waals surface area contributed by atoms with Crippen molar-refractivity contribution < 1.29 is 14.7 Å². The van der Waals surface area contributed by atoms with Crippen LogP contribution in [0.1, 0.15) is 20.8 Å². The maximum atomic E-state index is 10.8. The molecule has 1 N–H and O–H groups in total. The van der Waals surface area contributed by atoms with Gasteiger partial charge in [-0.05, 0) is 0 Å². The fraction of sp³-hybridized carbons (Fsp3) is 0.714. The number of ether oxygens (including phenoxy) is 1. The lowest BCUT2D eigenvalue weighted by Crippen LogP contribution is -2.34. The van der Waals surface area contributed by atoms with E-state index >= 15 is 0 Å². The molecule has 0 radical (unpaired) electrons. The van der Waals surface area contributed by atoms with Gasteiger partial charge in [-0.1, -0.05) is 33.0 Å². The molecule has 5 heteroatoms. The SMILES string of the molecule is CC(C)(C)C1OC(=O)N(O)C1=S. The lowest BCUT2D eigenvalue weighted by molar-refractivity contribution is 0.00867. The monoisotopic (exact) mass is 189 g/mol. The number of amides is 1. The lowest BCUT2D eigenvalue weighted by Gasteiger charge is -2.23. The van der Waals surface area contributed by atoms with Crippen LogP contribution in [0.4, 0.5) is 4.79 Å². The van der Waals surface area contributed by atoms with Crippen LogP contribution in [-0.4, -0.2) is 27.5 Å². The highest BCUT2D eigenvalue weighted by atomic mass is 32.1. The molecule has 1 rings (SSSR count). The predicted octanol–water partition coefficient (Wildman–Crippen LogP) is 1.57. The van der Waals surface area contributed by atoms with Gasteiger partial charge in [-0.25, -0.2) is 4.79 Å². The van der Waals surface area contributed by atoms with Crippen LogP contribution in [-0.2, 0) is 4.74 Å². The highest BCUT2D eigenvalue weighted by Crippen LogP contribution is 2.29. The van der Waals surface area contributed by atoms with Gasteiger partial charge in [0.05, 0.1) is 0 Å². The summed E-state index contributed by atoms with van der Waals surface area (Å²) < 4.78 is 4.85. The van der Waals surface area contributed by atoms with Gasteiger partial charge in [-0.15, -0.1) is 5.06 Å². The third kappa shape index (κ3) is 1.42. The Morgan fingerprint density at radius 3 is 2.25 bits per heavy atom. The minimum Gasteiger partial charge on any atom is -0.436 e. The minimum absolute atomic E-state index is 0.132. The lowest BCUT2D eigenvalue weighted by atomic mass is 9.89. The molecule has 4 nitrogen and oxygen atoms in total. The number of cyclic esters (lactones) is 1. The van der Waals surface area contributed by atoms with E-state index in [1.54, 1.807) is 0 Å². The second kappa shape index (κ2) is 2.67. The molecule has 0 spiro atoms. The number of hydrogen-bond donors (Lipinski definition) is 1. The molecule has 68 valence electrons. The van der Waals surface area contributed by atoms with E-state index in [2.05, 4.69) is 0 Å². The van der Waals surface area contributed by atoms with Gasteiger partial charge < -0.3 is 4.74 Å². The Kier molecular flexibility index (Phi) is 2.09. The Balaban J connectivity index is 2.86. The smallest absolute Gasteiger partial charge is 0.436 e. The van der Waals surface area contributed by atoms with E-state index in [1.165, 1.54) is 0 Å². The van der Waals surface area contributed by atoms with Crippen LogP contribution in [0.25, 0.3) is 0 Å². The molecule has 1 heterocycles. The van der Waals surface area contributed by atoms with E-state index in [1.807, 2.05) is 20.8 Å². The first-order chi connectivity index (χ1) is 5.34. The quantitative estimate of drug-likeness (QED) is 0.464. The number of carbonyl (C=O) groups excluding carboxylic acids is 1. The van der Waals surface area contributed by atoms with Crippen molar-refractivity contribution >= 4 is 23.3 Å². The number of hydrogen-bond acceptors (Lipinski definition) is 4. The van der Waals surface area contributed by atoms with E-state index in [-0.39, 0.29) is 10.4 Å². The molecule has 1 aliphatic heterocycles. The van der Waals surface area contributed by atoms with Crippen molar-refractivity contribution in [2.45, 2.75) is 26.9 Å². The fourth-order valence-electron chi connectivity index (χ4n) is 0.949. The average molecular weight is 189 g/mol. The second-order valence-corrected chi connectivity index (χ2v) is 4.20. The van der Waals surface area contributed by atoms with Gasteiger partial charge in [0.2, 0.25) is 0 Å². The zero-order valence-electron chi connectivity index (χ0n) is 7.20. The van der Waals surface area contributed by atoms with Crippen molar-refractivity contribution in [1.29, 1.82) is 0 Å². The van der Waals surface area contributed by atoms with Gasteiger partial charge in [0.1, 0.15) is 0 Å². The zero-order chi connectivity index (χ0) is 9.52. The van der Waals surface area contributed by atoms with Crippen LogP contribution in [0.3, 0.4) is 0 Å². The summed E-state index contributed by atoms with van der Waals surface area (Å²) in [4.78, 5) is 10.9. The highest BCUT2D eigenvalue weighted by Gasteiger charge is 2.43. The molecule has 1 aliphatic rings. The predicted molar refractivity (Wildman–Crippen MR) is 45.9 cm³/mol. The van der Waals surface area contributed by atoms with Crippen molar-refractivity contribution in [3.63, 3.8) is 0 Å². The molecule has 1 amide bonds. The van der Waals surface area contributed by atoms with Crippen molar-refractivity contribution in [3.05, 3.63) is 0 Å². The summed E-state index contributed by atoms with van der Waals surface area (Å²) in [6.07, 6.45) is -1.30. The Bertz CT molecular complexity index is 233. The molecular formula is C7H11NO3S. The maximum absolute atomic E-state index is 10.8. The van der Waals surface area contributed by atoms with Gasteiger partial charge >= 0.3 is 6.09 Å². The van der Waals surface area contributed by atoms with E-state index in [0.29, 0.717) is 5.06 Å². The number of rotatable bonds is 0. The minimum atomic E-state index is -0.792. The first-order valence-corrected chi connectivity index (χ1v) is 3.98. The summed E-state index contributed by atoms with van der Waals surface area (Å²) in [5.41, 5.74) is -0.274. The molecular weight excluding hydrogens is 178 g/mol. The summed E-state index contributed by atoms with van der Waals surface area (Å²) >= 11 is 4.82. The van der Waals surface area contributed by atoms with E-state index in [9.17, 15) is 4.79 Å². The maximum Gasteiger partial charge on any atom is 0.439 e. The van der Waals surface area contributed by atoms with Gasteiger partial charge in [0.15, 0.2) is 11.1 Å². The number of hydroxylamine groups is 2. The normalized spacial score (nSPS) is 24.7. The van der Waals surface area contributed by atoms with Crippen molar-refractivity contribution in [3.8, 4) is 0 Å². The van der Waals surface area contributed by atoms with Gasteiger partial charge in [0, 0.05) is 5.41 Å². The molecule has 0 aliphatic carbocycles. The highest BCUT2D eigenvalue weighted by molar-refractivity contribution is 7.80. The van der Waals surface area contributed by atoms with Crippen LogP contribution >= 0.6 is 12.2 Å². The Morgan fingerprint density at radius 2 is 2.08 bits per heavy atom. The van der Waals surface area contributed by atoms with Crippen molar-refractivity contribution in [2.24, 2.45) is 5.41 Å². The van der Waals surface area contributed by atoms with E-state index < -0.39 is 12.2 Å². The molecule has 0 aromatic rings. The van der Waals surface area contributed by atoms with Crippen LogP contribution in [0.5, 0.6) is 0 Å². The first-order valence-electron chi connectivity index (χ1n) is 3.57. The molecule has 1 fully saturated rings. The van der Waals surface area contributed by atoms with Gasteiger partial charge in [-0.3, -0.25) is 5.21 Å². The van der Waals surface area contributed by atoms with Gasteiger partial charge in [0.25, 0.3) is 0 Å². The standard InChI is InChI=1S/C7H11NO3S/c1-7(2,3)4-5(12)8(10)6(9)11-4/h4,10H,1-3H3. The zero-order valence-corrected chi connectivity index (χ0v) is 8.01. The van der Waals surface area contributed by atoms with Crippen LogP contribution in [0.2, 0.25) is 0 Å². The molecule has 1 saturated heterocycles. The Labute approximate surface area is 76.1 Å². The molecule has 1 unspecified atom stereocenters. The Hall–Kier alpha value is -0.680. The summed E-state index contributed by atoms with van der Waals surface area (Å²) in [6, 6.07) is 0. The van der Waals surface area contributed by atoms with Crippen molar-refractivity contribution in [2.75, 3.05) is 0 Å².